The molecule has 6 nitrogen and oxygen atoms in total. The first kappa shape index (κ1) is 18.5. The van der Waals surface area contributed by atoms with Crippen LogP contribution in [0.15, 0.2) is 12.1 Å². The third-order valence-corrected chi connectivity index (χ3v) is 5.28. The van der Waals surface area contributed by atoms with Crippen LogP contribution in [0.2, 0.25) is 0 Å². The van der Waals surface area contributed by atoms with Crippen molar-refractivity contribution in [3.63, 3.8) is 0 Å². The van der Waals surface area contributed by atoms with Crippen LogP contribution in [0.3, 0.4) is 0 Å². The smallest absolute Gasteiger partial charge is 0.223 e. The number of fused-ring (bicyclic) bond motifs is 1. The lowest BCUT2D eigenvalue weighted by Crippen LogP contribution is -2.53. The van der Waals surface area contributed by atoms with E-state index in [-0.39, 0.29) is 12.0 Å². The number of hydrogen-bond acceptors (Lipinski definition) is 5. The van der Waals surface area contributed by atoms with E-state index in [0.717, 1.165) is 12.8 Å². The van der Waals surface area contributed by atoms with Gasteiger partial charge in [-0.2, -0.15) is 5.26 Å². The first-order chi connectivity index (χ1) is 12.3. The number of rotatable bonds is 4. The number of amides is 1. The zero-order valence-electron chi connectivity index (χ0n) is 15.8. The van der Waals surface area contributed by atoms with Gasteiger partial charge in [0.2, 0.25) is 5.91 Å². The van der Waals surface area contributed by atoms with Crippen LogP contribution in [-0.2, 0) is 4.79 Å². The maximum absolute atomic E-state index is 12.3. The van der Waals surface area contributed by atoms with Gasteiger partial charge in [-0.25, -0.2) is 0 Å². The van der Waals surface area contributed by atoms with Crippen molar-refractivity contribution >= 4 is 5.91 Å². The zero-order valence-corrected chi connectivity index (χ0v) is 15.8. The molecule has 26 heavy (non-hydrogen) atoms. The van der Waals surface area contributed by atoms with Gasteiger partial charge in [0.05, 0.1) is 17.7 Å². The minimum atomic E-state index is -0.884. The fourth-order valence-corrected chi connectivity index (χ4v) is 3.58. The molecule has 140 valence electrons. The third-order valence-electron chi connectivity index (χ3n) is 5.28. The van der Waals surface area contributed by atoms with Crippen LogP contribution < -0.4 is 9.47 Å². The standard InChI is InChI=1S/C20H26N2O4/c1-5-12(2)25-15-10-16-14(9-13(15)11-21)18(19(24)20(3,4)26-16)22-8-6-7-17(22)23/h9-10,12,18-19,24H,5-8H2,1-4H3/t12?,18-,19+/m0/s1. The Balaban J connectivity index is 2.10. The number of nitrogens with zero attached hydrogens (tertiary/aromatic N) is 2. The lowest BCUT2D eigenvalue weighted by Gasteiger charge is -2.45. The van der Waals surface area contributed by atoms with Gasteiger partial charge in [0.15, 0.2) is 0 Å². The summed E-state index contributed by atoms with van der Waals surface area (Å²) in [5.41, 5.74) is 0.193. The molecule has 0 radical (unpaired) electrons. The van der Waals surface area contributed by atoms with Crippen LogP contribution in [0.5, 0.6) is 11.5 Å². The van der Waals surface area contributed by atoms with Crippen molar-refractivity contribution in [1.82, 2.24) is 4.90 Å². The third kappa shape index (κ3) is 3.12. The summed E-state index contributed by atoms with van der Waals surface area (Å²) in [7, 11) is 0. The predicted octanol–water partition coefficient (Wildman–Crippen LogP) is 2.93. The summed E-state index contributed by atoms with van der Waals surface area (Å²) >= 11 is 0. The van der Waals surface area contributed by atoms with Crippen LogP contribution in [0.4, 0.5) is 0 Å². The van der Waals surface area contributed by atoms with Gasteiger partial charge in [-0.3, -0.25) is 4.79 Å². The Morgan fingerprint density at radius 1 is 1.50 bits per heavy atom. The molecule has 2 aliphatic heterocycles. The van der Waals surface area contributed by atoms with E-state index in [4.69, 9.17) is 9.47 Å². The van der Waals surface area contributed by atoms with Gasteiger partial charge in [0.25, 0.3) is 0 Å². The monoisotopic (exact) mass is 358 g/mol. The molecule has 1 saturated heterocycles. The summed E-state index contributed by atoms with van der Waals surface area (Å²) in [5, 5.41) is 20.5. The highest BCUT2D eigenvalue weighted by Crippen LogP contribution is 2.46. The van der Waals surface area contributed by atoms with Crippen LogP contribution in [-0.4, -0.2) is 40.3 Å². The van der Waals surface area contributed by atoms with Crippen LogP contribution in [0.25, 0.3) is 0 Å². The first-order valence-corrected chi connectivity index (χ1v) is 9.19. The van der Waals surface area contributed by atoms with Crippen molar-refractivity contribution in [2.24, 2.45) is 0 Å². The largest absolute Gasteiger partial charge is 0.489 e. The maximum atomic E-state index is 12.3. The number of likely N-dealkylation sites (tertiary alicyclic amines) is 1. The van der Waals surface area contributed by atoms with Crippen molar-refractivity contribution < 1.29 is 19.4 Å². The Kier molecular flexibility index (Phi) is 4.85. The number of ether oxygens (including phenoxy) is 2. The SMILES string of the molecule is CCC(C)Oc1cc2c(cc1C#N)[C@H](N1CCCC1=O)[C@@H](O)C(C)(C)O2. The molecule has 1 aromatic carbocycles. The van der Waals surface area contributed by atoms with Crippen molar-refractivity contribution in [2.45, 2.75) is 70.8 Å². The topological polar surface area (TPSA) is 82.8 Å². The molecule has 0 saturated carbocycles. The highest BCUT2D eigenvalue weighted by atomic mass is 16.5. The second kappa shape index (κ2) is 6.81. The molecule has 2 aliphatic rings. The Morgan fingerprint density at radius 2 is 2.23 bits per heavy atom. The van der Waals surface area contributed by atoms with E-state index in [1.165, 1.54) is 0 Å². The number of aliphatic hydroxyl groups is 1. The maximum Gasteiger partial charge on any atom is 0.223 e. The number of aliphatic hydroxyl groups excluding tert-OH is 1. The molecule has 2 heterocycles. The summed E-state index contributed by atoms with van der Waals surface area (Å²) in [4.78, 5) is 14.0. The molecule has 1 unspecified atom stereocenters. The van der Waals surface area contributed by atoms with Crippen molar-refractivity contribution in [1.29, 1.82) is 5.26 Å². The quantitative estimate of drug-likeness (QED) is 0.895. The molecule has 1 N–H and O–H groups in total. The highest BCUT2D eigenvalue weighted by molar-refractivity contribution is 5.79. The van der Waals surface area contributed by atoms with Crippen molar-refractivity contribution in [3.05, 3.63) is 23.3 Å². The van der Waals surface area contributed by atoms with Crippen LogP contribution in [0.1, 0.15) is 64.1 Å². The summed E-state index contributed by atoms with van der Waals surface area (Å²) in [6, 6.07) is 5.07. The Bertz CT molecular complexity index is 753. The number of benzene rings is 1. The van der Waals surface area contributed by atoms with E-state index in [1.54, 1.807) is 17.0 Å². The molecule has 0 aromatic heterocycles. The van der Waals surface area contributed by atoms with Gasteiger partial charge in [-0.05, 0) is 39.7 Å². The molecule has 1 aromatic rings. The van der Waals surface area contributed by atoms with E-state index in [1.807, 2.05) is 27.7 Å². The van der Waals surface area contributed by atoms with Crippen LogP contribution in [0, 0.1) is 11.3 Å². The van der Waals surface area contributed by atoms with E-state index in [0.29, 0.717) is 35.6 Å². The lowest BCUT2D eigenvalue weighted by molar-refractivity contribution is -0.139. The zero-order chi connectivity index (χ0) is 19.1. The molecule has 6 heteroatoms. The number of carbonyl (C=O) groups excluding carboxylic acids is 1. The summed E-state index contributed by atoms with van der Waals surface area (Å²) in [6.45, 7) is 8.17. The average molecular weight is 358 g/mol. The summed E-state index contributed by atoms with van der Waals surface area (Å²) < 4.78 is 11.9. The van der Waals surface area contributed by atoms with Gasteiger partial charge in [0.1, 0.15) is 29.3 Å². The second-order valence-corrected chi connectivity index (χ2v) is 7.62. The van der Waals surface area contributed by atoms with Crippen molar-refractivity contribution in [3.8, 4) is 17.6 Å². The van der Waals surface area contributed by atoms with Crippen molar-refractivity contribution in [2.75, 3.05) is 6.54 Å². The molecule has 0 aliphatic carbocycles. The average Bonchev–Trinajstić information content (AvgIpc) is 3.01. The fourth-order valence-electron chi connectivity index (χ4n) is 3.58. The Hall–Kier alpha value is -2.26. The number of hydrogen-bond donors (Lipinski definition) is 1. The first-order valence-electron chi connectivity index (χ1n) is 9.19. The Labute approximate surface area is 154 Å². The summed E-state index contributed by atoms with van der Waals surface area (Å²) in [6.07, 6.45) is 1.17. The molecule has 1 amide bonds. The fraction of sp³-hybridized carbons (Fsp3) is 0.600. The molecule has 0 spiro atoms. The molecular weight excluding hydrogens is 332 g/mol. The van der Waals surface area contributed by atoms with E-state index >= 15 is 0 Å². The predicted molar refractivity (Wildman–Crippen MR) is 95.9 cm³/mol. The number of nitriles is 1. The second-order valence-electron chi connectivity index (χ2n) is 7.62. The Morgan fingerprint density at radius 3 is 2.81 bits per heavy atom. The molecule has 0 bridgehead atoms. The van der Waals surface area contributed by atoms with Gasteiger partial charge in [-0.1, -0.05) is 6.92 Å². The van der Waals surface area contributed by atoms with Gasteiger partial charge < -0.3 is 19.5 Å². The molecule has 3 atom stereocenters. The summed E-state index contributed by atoms with van der Waals surface area (Å²) in [5.74, 6) is 1.05. The van der Waals surface area contributed by atoms with Gasteiger partial charge >= 0.3 is 0 Å². The van der Waals surface area contributed by atoms with Crippen LogP contribution >= 0.6 is 0 Å². The molecule has 1 fully saturated rings. The van der Waals surface area contributed by atoms with Gasteiger partial charge in [-0.15, -0.1) is 0 Å². The van der Waals surface area contributed by atoms with E-state index < -0.39 is 17.7 Å². The highest BCUT2D eigenvalue weighted by Gasteiger charge is 2.47. The molecular formula is C20H26N2O4. The minimum Gasteiger partial charge on any atom is -0.489 e. The van der Waals surface area contributed by atoms with E-state index in [2.05, 4.69) is 6.07 Å². The number of carbonyl (C=O) groups is 1. The van der Waals surface area contributed by atoms with Gasteiger partial charge in [0, 0.05) is 24.6 Å². The lowest BCUT2D eigenvalue weighted by atomic mass is 9.85. The molecule has 3 rings (SSSR count). The van der Waals surface area contributed by atoms with E-state index in [9.17, 15) is 15.2 Å². The normalized spacial score (nSPS) is 25.2. The minimum absolute atomic E-state index is 0.0242.